The molecule has 0 spiro atoms. The van der Waals surface area contributed by atoms with Crippen molar-refractivity contribution < 1.29 is 9.90 Å². The van der Waals surface area contributed by atoms with Crippen LogP contribution in [0.15, 0.2) is 6.07 Å². The first-order valence-electron chi connectivity index (χ1n) is 5.86. The van der Waals surface area contributed by atoms with Crippen LogP contribution in [0, 0.1) is 13.8 Å². The molecule has 1 saturated heterocycles. The third kappa shape index (κ3) is 2.29. The molecule has 2 rings (SSSR count). The van der Waals surface area contributed by atoms with Crippen LogP contribution in [0.4, 0.5) is 0 Å². The third-order valence-electron chi connectivity index (χ3n) is 3.18. The smallest absolute Gasteiger partial charge is 0.256 e. The lowest BCUT2D eigenvalue weighted by Crippen LogP contribution is -2.38. The third-order valence-corrected chi connectivity index (χ3v) is 3.18. The highest BCUT2D eigenvalue weighted by Gasteiger charge is 2.29. The lowest BCUT2D eigenvalue weighted by Gasteiger charge is -2.23. The van der Waals surface area contributed by atoms with Gasteiger partial charge in [0.2, 0.25) is 0 Å². The van der Waals surface area contributed by atoms with Crippen molar-refractivity contribution in [3.63, 3.8) is 0 Å². The summed E-state index contributed by atoms with van der Waals surface area (Å²) < 4.78 is 0. The molecule has 1 N–H and O–H groups in total. The molecule has 1 aliphatic heterocycles. The van der Waals surface area contributed by atoms with Gasteiger partial charge in [-0.25, -0.2) is 0 Å². The van der Waals surface area contributed by atoms with Crippen LogP contribution in [0.1, 0.15) is 34.6 Å². The second-order valence-corrected chi connectivity index (χ2v) is 4.46. The second-order valence-electron chi connectivity index (χ2n) is 4.46. The quantitative estimate of drug-likeness (QED) is 0.819. The topological polar surface area (TPSA) is 66.3 Å². The van der Waals surface area contributed by atoms with Crippen molar-refractivity contribution in [2.45, 2.75) is 32.7 Å². The summed E-state index contributed by atoms with van der Waals surface area (Å²) in [6.45, 7) is 4.34. The van der Waals surface area contributed by atoms with Gasteiger partial charge in [-0.1, -0.05) is 0 Å². The summed E-state index contributed by atoms with van der Waals surface area (Å²) in [6.07, 6.45) is 1.83. The molecule has 0 aromatic carbocycles. The maximum atomic E-state index is 12.3. The number of carbonyl (C=O) groups is 1. The van der Waals surface area contributed by atoms with E-state index in [0.717, 1.165) is 18.5 Å². The average molecular weight is 235 g/mol. The average Bonchev–Trinajstić information content (AvgIpc) is 2.79. The summed E-state index contributed by atoms with van der Waals surface area (Å²) in [7, 11) is 0. The number of hydrogen-bond donors (Lipinski definition) is 1. The summed E-state index contributed by atoms with van der Waals surface area (Å²) in [6, 6.07) is 1.72. The molecule has 1 unspecified atom stereocenters. The predicted octanol–water partition coefficient (Wildman–Crippen LogP) is 0.690. The number of aromatic nitrogens is 2. The summed E-state index contributed by atoms with van der Waals surface area (Å²) in [5.74, 6) is -0.0444. The van der Waals surface area contributed by atoms with Crippen LogP contribution in [-0.2, 0) is 0 Å². The maximum Gasteiger partial charge on any atom is 0.256 e. The van der Waals surface area contributed by atoms with Crippen molar-refractivity contribution in [1.29, 1.82) is 0 Å². The van der Waals surface area contributed by atoms with Gasteiger partial charge < -0.3 is 10.0 Å². The van der Waals surface area contributed by atoms with E-state index < -0.39 is 0 Å². The van der Waals surface area contributed by atoms with Gasteiger partial charge in [0.05, 0.1) is 29.6 Å². The van der Waals surface area contributed by atoms with E-state index >= 15 is 0 Å². The Kier molecular flexibility index (Phi) is 3.38. The van der Waals surface area contributed by atoms with Crippen molar-refractivity contribution in [3.8, 4) is 0 Å². The van der Waals surface area contributed by atoms with Crippen molar-refractivity contribution in [2.75, 3.05) is 13.2 Å². The molecule has 0 bridgehead atoms. The van der Waals surface area contributed by atoms with Gasteiger partial charge in [-0.15, -0.1) is 0 Å². The Morgan fingerprint density at radius 3 is 3.00 bits per heavy atom. The highest BCUT2D eigenvalue weighted by Crippen LogP contribution is 2.20. The molecule has 0 aliphatic carbocycles. The zero-order valence-corrected chi connectivity index (χ0v) is 10.2. The Bertz CT molecular complexity index is 434. The van der Waals surface area contributed by atoms with Gasteiger partial charge in [-0.05, 0) is 32.8 Å². The Morgan fingerprint density at radius 1 is 1.53 bits per heavy atom. The van der Waals surface area contributed by atoms with Crippen LogP contribution >= 0.6 is 0 Å². The van der Waals surface area contributed by atoms with E-state index in [-0.39, 0.29) is 18.6 Å². The largest absolute Gasteiger partial charge is 0.394 e. The van der Waals surface area contributed by atoms with E-state index in [9.17, 15) is 9.90 Å². The molecule has 5 heteroatoms. The van der Waals surface area contributed by atoms with Gasteiger partial charge in [-0.3, -0.25) is 4.79 Å². The number of nitrogens with zero attached hydrogens (tertiary/aromatic N) is 3. The van der Waals surface area contributed by atoms with Crippen molar-refractivity contribution in [1.82, 2.24) is 15.1 Å². The molecule has 1 fully saturated rings. The summed E-state index contributed by atoms with van der Waals surface area (Å²) in [5, 5.41) is 17.1. The minimum absolute atomic E-state index is 0.0300. The Hall–Kier alpha value is -1.49. The van der Waals surface area contributed by atoms with E-state index in [1.807, 2.05) is 6.92 Å². The normalized spacial score (nSPS) is 19.7. The molecule has 1 aromatic rings. The molecule has 0 saturated carbocycles. The van der Waals surface area contributed by atoms with E-state index in [1.165, 1.54) is 0 Å². The Balaban J connectivity index is 2.27. The minimum atomic E-state index is -0.0460. The van der Waals surface area contributed by atoms with E-state index in [2.05, 4.69) is 10.2 Å². The molecular formula is C12H17N3O2. The van der Waals surface area contributed by atoms with E-state index in [1.54, 1.807) is 17.9 Å². The summed E-state index contributed by atoms with van der Waals surface area (Å²) in [4.78, 5) is 14.1. The summed E-state index contributed by atoms with van der Waals surface area (Å²) in [5.41, 5.74) is 1.97. The molecule has 92 valence electrons. The highest BCUT2D eigenvalue weighted by molar-refractivity contribution is 5.95. The summed E-state index contributed by atoms with van der Waals surface area (Å²) >= 11 is 0. The molecule has 0 radical (unpaired) electrons. The van der Waals surface area contributed by atoms with E-state index in [4.69, 9.17) is 0 Å². The Morgan fingerprint density at radius 2 is 2.29 bits per heavy atom. The number of carbonyl (C=O) groups excluding carboxylic acids is 1. The highest BCUT2D eigenvalue weighted by atomic mass is 16.3. The Labute approximate surface area is 100 Å². The SMILES string of the molecule is Cc1cc(C(=O)N2CCCC2CO)c(C)nn1. The number of aliphatic hydroxyl groups is 1. The fourth-order valence-electron chi connectivity index (χ4n) is 2.21. The standard InChI is InChI=1S/C12H17N3O2/c1-8-6-11(9(2)14-13-8)12(17)15-5-3-4-10(15)7-16/h6,10,16H,3-5,7H2,1-2H3. The minimum Gasteiger partial charge on any atom is -0.394 e. The van der Waals surface area contributed by atoms with Crippen LogP contribution < -0.4 is 0 Å². The van der Waals surface area contributed by atoms with Gasteiger partial charge in [0.25, 0.3) is 5.91 Å². The number of aryl methyl sites for hydroxylation is 2. The van der Waals surface area contributed by atoms with Crippen molar-refractivity contribution in [3.05, 3.63) is 23.0 Å². The zero-order chi connectivity index (χ0) is 12.4. The lowest BCUT2D eigenvalue weighted by atomic mass is 10.1. The molecule has 5 nitrogen and oxygen atoms in total. The zero-order valence-electron chi connectivity index (χ0n) is 10.2. The van der Waals surface area contributed by atoms with Crippen LogP contribution in [-0.4, -0.2) is 45.3 Å². The molecule has 1 aromatic heterocycles. The monoisotopic (exact) mass is 235 g/mol. The molecule has 2 heterocycles. The number of amides is 1. The first-order valence-corrected chi connectivity index (χ1v) is 5.86. The first-order chi connectivity index (χ1) is 8.13. The van der Waals surface area contributed by atoms with Crippen LogP contribution in [0.2, 0.25) is 0 Å². The van der Waals surface area contributed by atoms with Crippen LogP contribution in [0.25, 0.3) is 0 Å². The maximum absolute atomic E-state index is 12.3. The molecule has 1 amide bonds. The van der Waals surface area contributed by atoms with E-state index in [0.29, 0.717) is 17.8 Å². The van der Waals surface area contributed by atoms with Gasteiger partial charge >= 0.3 is 0 Å². The lowest BCUT2D eigenvalue weighted by molar-refractivity contribution is 0.0676. The molecule has 1 aliphatic rings. The second kappa shape index (κ2) is 4.79. The van der Waals surface area contributed by atoms with Gasteiger partial charge in [0, 0.05) is 6.54 Å². The van der Waals surface area contributed by atoms with Crippen LogP contribution in [0.3, 0.4) is 0 Å². The van der Waals surface area contributed by atoms with Gasteiger partial charge in [0.15, 0.2) is 0 Å². The number of aliphatic hydroxyl groups excluding tert-OH is 1. The first kappa shape index (κ1) is 12.0. The number of hydrogen-bond acceptors (Lipinski definition) is 4. The number of likely N-dealkylation sites (tertiary alicyclic amines) is 1. The fraction of sp³-hybridized carbons (Fsp3) is 0.583. The fourth-order valence-corrected chi connectivity index (χ4v) is 2.21. The van der Waals surface area contributed by atoms with Crippen molar-refractivity contribution in [2.24, 2.45) is 0 Å². The van der Waals surface area contributed by atoms with Crippen molar-refractivity contribution >= 4 is 5.91 Å². The molecule has 1 atom stereocenters. The van der Waals surface area contributed by atoms with Crippen LogP contribution in [0.5, 0.6) is 0 Å². The molecule has 17 heavy (non-hydrogen) atoms. The number of rotatable bonds is 2. The molecular weight excluding hydrogens is 218 g/mol. The van der Waals surface area contributed by atoms with Gasteiger partial charge in [-0.2, -0.15) is 10.2 Å². The predicted molar refractivity (Wildman–Crippen MR) is 62.7 cm³/mol. The van der Waals surface area contributed by atoms with Gasteiger partial charge in [0.1, 0.15) is 0 Å².